The summed E-state index contributed by atoms with van der Waals surface area (Å²) in [5.74, 6) is -0.645. The van der Waals surface area contributed by atoms with Gasteiger partial charge in [0.1, 0.15) is 0 Å². The summed E-state index contributed by atoms with van der Waals surface area (Å²) in [6, 6.07) is 10.9. The molecular weight excluding hydrogens is 252 g/mol. The van der Waals surface area contributed by atoms with Crippen molar-refractivity contribution in [2.45, 2.75) is 0 Å². The fourth-order valence-electron chi connectivity index (χ4n) is 1.61. The first kappa shape index (κ1) is 12.4. The maximum absolute atomic E-state index is 11.0. The molecule has 0 saturated heterocycles. The van der Waals surface area contributed by atoms with E-state index in [1.54, 1.807) is 11.9 Å². The highest BCUT2D eigenvalue weighted by Crippen LogP contribution is 2.30. The molecule has 0 aliphatic heterocycles. The summed E-state index contributed by atoms with van der Waals surface area (Å²) in [5.41, 5.74) is 0.930. The van der Waals surface area contributed by atoms with Gasteiger partial charge in [-0.1, -0.05) is 29.8 Å². The highest BCUT2D eigenvalue weighted by molar-refractivity contribution is 6.35. The van der Waals surface area contributed by atoms with Gasteiger partial charge in [-0.3, -0.25) is 0 Å². The van der Waals surface area contributed by atoms with Gasteiger partial charge in [-0.2, -0.15) is 0 Å². The first-order valence-corrected chi connectivity index (χ1v) is 5.65. The van der Waals surface area contributed by atoms with Crippen molar-refractivity contribution in [1.82, 2.24) is 4.98 Å². The molecule has 0 aliphatic carbocycles. The largest absolute Gasteiger partial charge is 0.478 e. The molecule has 1 N–H and O–H groups in total. The van der Waals surface area contributed by atoms with E-state index in [-0.39, 0.29) is 10.6 Å². The van der Waals surface area contributed by atoms with E-state index in [4.69, 9.17) is 16.7 Å². The van der Waals surface area contributed by atoms with E-state index in [0.717, 1.165) is 5.69 Å². The van der Waals surface area contributed by atoms with Crippen LogP contribution < -0.4 is 4.90 Å². The number of carboxylic acids is 1. The minimum absolute atomic E-state index is 0.0458. The fourth-order valence-corrected chi connectivity index (χ4v) is 1.92. The van der Waals surface area contributed by atoms with E-state index >= 15 is 0 Å². The zero-order valence-corrected chi connectivity index (χ0v) is 10.4. The Kier molecular flexibility index (Phi) is 3.48. The van der Waals surface area contributed by atoms with E-state index < -0.39 is 5.97 Å². The lowest BCUT2D eigenvalue weighted by Crippen LogP contribution is -2.13. The predicted molar refractivity (Wildman–Crippen MR) is 70.7 cm³/mol. The van der Waals surface area contributed by atoms with Crippen LogP contribution in [0.5, 0.6) is 0 Å². The van der Waals surface area contributed by atoms with Gasteiger partial charge in [0.05, 0.1) is 10.6 Å². The Labute approximate surface area is 109 Å². The van der Waals surface area contributed by atoms with Crippen molar-refractivity contribution in [3.8, 4) is 0 Å². The number of nitrogens with zero attached hydrogens (tertiary/aromatic N) is 2. The van der Waals surface area contributed by atoms with Gasteiger partial charge in [0, 0.05) is 18.9 Å². The molecule has 2 aromatic rings. The second kappa shape index (κ2) is 5.06. The average molecular weight is 263 g/mol. The second-order valence-corrected chi connectivity index (χ2v) is 4.07. The van der Waals surface area contributed by atoms with Crippen molar-refractivity contribution in [3.63, 3.8) is 0 Å². The Balaban J connectivity index is 2.46. The third-order valence-electron chi connectivity index (χ3n) is 2.56. The molecule has 0 atom stereocenters. The van der Waals surface area contributed by atoms with Crippen LogP contribution in [0.4, 0.5) is 11.5 Å². The molecule has 0 aliphatic rings. The van der Waals surface area contributed by atoms with E-state index in [1.807, 2.05) is 30.3 Å². The number of pyridine rings is 1. The molecule has 0 amide bonds. The number of halogens is 1. The second-order valence-electron chi connectivity index (χ2n) is 3.70. The molecule has 0 unspecified atom stereocenters. The molecule has 5 heteroatoms. The van der Waals surface area contributed by atoms with Gasteiger partial charge >= 0.3 is 5.97 Å². The van der Waals surface area contributed by atoms with E-state index in [1.165, 1.54) is 12.3 Å². The van der Waals surface area contributed by atoms with Crippen molar-refractivity contribution in [1.29, 1.82) is 0 Å². The Morgan fingerprint density at radius 3 is 2.56 bits per heavy atom. The molecule has 2 rings (SSSR count). The maximum Gasteiger partial charge on any atom is 0.337 e. The molecule has 0 saturated carbocycles. The van der Waals surface area contributed by atoms with Crippen molar-refractivity contribution in [2.75, 3.05) is 11.9 Å². The van der Waals surface area contributed by atoms with Gasteiger partial charge in [0.25, 0.3) is 0 Å². The maximum atomic E-state index is 11.0. The SMILES string of the molecule is CN(c1ccccc1)c1nccc(C(=O)O)c1Cl. The van der Waals surface area contributed by atoms with Crippen molar-refractivity contribution < 1.29 is 9.90 Å². The van der Waals surface area contributed by atoms with Crippen LogP contribution in [0.1, 0.15) is 10.4 Å². The first-order chi connectivity index (χ1) is 8.61. The van der Waals surface area contributed by atoms with Crippen LogP contribution in [-0.2, 0) is 0 Å². The number of anilines is 2. The number of para-hydroxylation sites is 1. The fraction of sp³-hybridized carbons (Fsp3) is 0.0769. The molecule has 92 valence electrons. The summed E-state index contributed by atoms with van der Waals surface area (Å²) in [7, 11) is 1.79. The number of carboxylic acid groups (broad SMARTS) is 1. The summed E-state index contributed by atoms with van der Waals surface area (Å²) < 4.78 is 0. The van der Waals surface area contributed by atoms with Gasteiger partial charge in [-0.15, -0.1) is 0 Å². The lowest BCUT2D eigenvalue weighted by atomic mass is 10.2. The van der Waals surface area contributed by atoms with Crippen LogP contribution in [0.2, 0.25) is 5.02 Å². The third kappa shape index (κ3) is 2.28. The summed E-state index contributed by atoms with van der Waals surface area (Å²) in [6.45, 7) is 0. The van der Waals surface area contributed by atoms with Gasteiger partial charge in [0.15, 0.2) is 5.82 Å². The Morgan fingerprint density at radius 2 is 1.94 bits per heavy atom. The minimum Gasteiger partial charge on any atom is -0.478 e. The summed E-state index contributed by atoms with van der Waals surface area (Å²) in [6.07, 6.45) is 1.43. The molecule has 4 nitrogen and oxygen atoms in total. The average Bonchev–Trinajstić information content (AvgIpc) is 2.39. The molecular formula is C13H11ClN2O2. The monoisotopic (exact) mass is 262 g/mol. The van der Waals surface area contributed by atoms with Gasteiger partial charge in [-0.05, 0) is 18.2 Å². The summed E-state index contributed by atoms with van der Waals surface area (Å²) in [4.78, 5) is 16.9. The van der Waals surface area contributed by atoms with Crippen LogP contribution in [0.3, 0.4) is 0 Å². The van der Waals surface area contributed by atoms with Crippen LogP contribution in [-0.4, -0.2) is 23.1 Å². The van der Waals surface area contributed by atoms with Crippen LogP contribution in [0.15, 0.2) is 42.6 Å². The zero-order chi connectivity index (χ0) is 13.1. The van der Waals surface area contributed by atoms with Crippen molar-refractivity contribution in [2.24, 2.45) is 0 Å². The zero-order valence-electron chi connectivity index (χ0n) is 9.67. The molecule has 0 radical (unpaired) electrons. The Hall–Kier alpha value is -2.07. The van der Waals surface area contributed by atoms with E-state index in [9.17, 15) is 4.79 Å². The molecule has 0 fully saturated rings. The number of aromatic carboxylic acids is 1. The quantitative estimate of drug-likeness (QED) is 0.923. The van der Waals surface area contributed by atoms with Crippen molar-refractivity contribution in [3.05, 3.63) is 53.2 Å². The lowest BCUT2D eigenvalue weighted by Gasteiger charge is -2.19. The van der Waals surface area contributed by atoms with Gasteiger partial charge in [-0.25, -0.2) is 9.78 Å². The first-order valence-electron chi connectivity index (χ1n) is 5.28. The number of rotatable bonds is 3. The van der Waals surface area contributed by atoms with Crippen LogP contribution >= 0.6 is 11.6 Å². The van der Waals surface area contributed by atoms with Crippen LogP contribution in [0, 0.1) is 0 Å². The number of hydrogen-bond acceptors (Lipinski definition) is 3. The normalized spacial score (nSPS) is 10.1. The number of carbonyl (C=O) groups is 1. The van der Waals surface area contributed by atoms with Gasteiger partial charge < -0.3 is 10.0 Å². The minimum atomic E-state index is -1.06. The number of hydrogen-bond donors (Lipinski definition) is 1. The summed E-state index contributed by atoms with van der Waals surface area (Å²) >= 11 is 6.06. The Bertz CT molecular complexity index is 572. The third-order valence-corrected chi connectivity index (χ3v) is 2.94. The highest BCUT2D eigenvalue weighted by Gasteiger charge is 2.16. The molecule has 1 heterocycles. The summed E-state index contributed by atoms with van der Waals surface area (Å²) in [5, 5.41) is 9.15. The standard InChI is InChI=1S/C13H11ClN2O2/c1-16(9-5-3-2-4-6-9)12-11(14)10(13(17)18)7-8-15-12/h2-8H,1H3,(H,17,18). The molecule has 1 aromatic heterocycles. The number of aromatic nitrogens is 1. The van der Waals surface area contributed by atoms with Gasteiger partial charge in [0.2, 0.25) is 0 Å². The lowest BCUT2D eigenvalue weighted by molar-refractivity contribution is 0.0697. The molecule has 1 aromatic carbocycles. The van der Waals surface area contributed by atoms with E-state index in [2.05, 4.69) is 4.98 Å². The molecule has 0 bridgehead atoms. The topological polar surface area (TPSA) is 53.4 Å². The smallest absolute Gasteiger partial charge is 0.337 e. The highest BCUT2D eigenvalue weighted by atomic mass is 35.5. The number of benzene rings is 1. The Morgan fingerprint density at radius 1 is 1.28 bits per heavy atom. The predicted octanol–water partition coefficient (Wildman–Crippen LogP) is 3.20. The van der Waals surface area contributed by atoms with Crippen LogP contribution in [0.25, 0.3) is 0 Å². The van der Waals surface area contributed by atoms with E-state index in [0.29, 0.717) is 5.82 Å². The molecule has 0 spiro atoms. The van der Waals surface area contributed by atoms with Crippen molar-refractivity contribution >= 4 is 29.1 Å². The molecule has 18 heavy (non-hydrogen) atoms.